The second-order valence-electron chi connectivity index (χ2n) is 7.02. The van der Waals surface area contributed by atoms with Gasteiger partial charge in [0.2, 0.25) is 11.8 Å². The number of fused-ring (bicyclic) bond motifs is 1. The number of pyridine rings is 1. The zero-order valence-corrected chi connectivity index (χ0v) is 14.0. The topological polar surface area (TPSA) is 83.1 Å². The van der Waals surface area contributed by atoms with Crippen LogP contribution in [0.5, 0.6) is 0 Å². The largest absolute Gasteiger partial charge is 0.347 e. The molecule has 1 saturated carbocycles. The third-order valence-corrected chi connectivity index (χ3v) is 5.44. The van der Waals surface area contributed by atoms with Crippen LogP contribution < -0.4 is 16.0 Å². The summed E-state index contributed by atoms with van der Waals surface area (Å²) in [6.45, 7) is 1.96. The summed E-state index contributed by atoms with van der Waals surface area (Å²) >= 11 is 0. The molecule has 2 fully saturated rings. The van der Waals surface area contributed by atoms with Crippen molar-refractivity contribution < 1.29 is 9.59 Å². The minimum absolute atomic E-state index is 0.00706. The van der Waals surface area contributed by atoms with Gasteiger partial charge in [0.25, 0.3) is 0 Å². The Morgan fingerprint density at radius 1 is 1.20 bits per heavy atom. The van der Waals surface area contributed by atoms with Crippen LogP contribution in [0.25, 0.3) is 10.9 Å². The maximum absolute atomic E-state index is 12.3. The number of para-hydroxylation sites is 1. The van der Waals surface area contributed by atoms with E-state index in [1.165, 1.54) is 0 Å². The first-order valence-electron chi connectivity index (χ1n) is 8.80. The average molecular weight is 338 g/mol. The van der Waals surface area contributed by atoms with Crippen LogP contribution in [0.2, 0.25) is 0 Å². The summed E-state index contributed by atoms with van der Waals surface area (Å²) in [6, 6.07) is 9.46. The van der Waals surface area contributed by atoms with E-state index >= 15 is 0 Å². The van der Waals surface area contributed by atoms with Crippen LogP contribution in [0.3, 0.4) is 0 Å². The Morgan fingerprint density at radius 3 is 2.84 bits per heavy atom. The van der Waals surface area contributed by atoms with Gasteiger partial charge in [0.15, 0.2) is 0 Å². The van der Waals surface area contributed by atoms with E-state index in [1.54, 1.807) is 6.20 Å². The van der Waals surface area contributed by atoms with E-state index in [2.05, 4.69) is 20.9 Å². The fourth-order valence-electron chi connectivity index (χ4n) is 3.89. The first-order chi connectivity index (χ1) is 12.2. The van der Waals surface area contributed by atoms with Crippen LogP contribution >= 0.6 is 0 Å². The van der Waals surface area contributed by atoms with Crippen molar-refractivity contribution in [3.63, 3.8) is 0 Å². The average Bonchev–Trinajstić information content (AvgIpc) is 3.33. The monoisotopic (exact) mass is 338 g/mol. The van der Waals surface area contributed by atoms with Crippen molar-refractivity contribution >= 4 is 28.4 Å². The lowest BCUT2D eigenvalue weighted by molar-refractivity contribution is -0.125. The predicted molar refractivity (Wildman–Crippen MR) is 96.0 cm³/mol. The molecule has 6 heteroatoms. The van der Waals surface area contributed by atoms with Gasteiger partial charge >= 0.3 is 0 Å². The molecule has 25 heavy (non-hydrogen) atoms. The first kappa shape index (κ1) is 16.0. The maximum Gasteiger partial charge on any atom is 0.243 e. The van der Waals surface area contributed by atoms with E-state index in [0.717, 1.165) is 43.3 Å². The summed E-state index contributed by atoms with van der Waals surface area (Å²) in [5.74, 6) is -0.152. The highest BCUT2D eigenvalue weighted by molar-refractivity contribution is 6.01. The van der Waals surface area contributed by atoms with Gasteiger partial charge in [-0.05, 0) is 49.9 Å². The zero-order chi connectivity index (χ0) is 17.3. The summed E-state index contributed by atoms with van der Waals surface area (Å²) < 4.78 is 0. The summed E-state index contributed by atoms with van der Waals surface area (Å²) in [5, 5.41) is 9.93. The molecule has 2 amide bonds. The highest BCUT2D eigenvalue weighted by atomic mass is 16.2. The van der Waals surface area contributed by atoms with Crippen molar-refractivity contribution in [2.45, 2.75) is 19.3 Å². The molecule has 6 nitrogen and oxygen atoms in total. The van der Waals surface area contributed by atoms with Gasteiger partial charge in [-0.1, -0.05) is 18.2 Å². The van der Waals surface area contributed by atoms with Gasteiger partial charge in [0, 0.05) is 17.5 Å². The number of rotatable bonds is 4. The second kappa shape index (κ2) is 6.44. The van der Waals surface area contributed by atoms with E-state index in [4.69, 9.17) is 0 Å². The van der Waals surface area contributed by atoms with Gasteiger partial charge < -0.3 is 16.0 Å². The van der Waals surface area contributed by atoms with Gasteiger partial charge in [-0.15, -0.1) is 0 Å². The molecule has 1 aromatic heterocycles. The lowest BCUT2D eigenvalue weighted by atomic mass is 9.92. The molecular formula is C19H22N4O2. The highest BCUT2D eigenvalue weighted by Gasteiger charge is 2.57. The van der Waals surface area contributed by atoms with Crippen molar-refractivity contribution in [3.05, 3.63) is 36.5 Å². The molecule has 4 rings (SSSR count). The molecule has 1 aliphatic carbocycles. The van der Waals surface area contributed by atoms with Gasteiger partial charge in [-0.3, -0.25) is 14.6 Å². The minimum Gasteiger partial charge on any atom is -0.347 e. The Balaban J connectivity index is 1.33. The van der Waals surface area contributed by atoms with E-state index < -0.39 is 0 Å². The Hall–Kier alpha value is -2.47. The number of nitrogens with zero attached hydrogens (tertiary/aromatic N) is 1. The van der Waals surface area contributed by atoms with E-state index in [1.807, 2.05) is 30.3 Å². The molecule has 130 valence electrons. The van der Waals surface area contributed by atoms with Crippen molar-refractivity contribution in [3.8, 4) is 0 Å². The Morgan fingerprint density at radius 2 is 2.00 bits per heavy atom. The van der Waals surface area contributed by atoms with E-state index in [9.17, 15) is 9.59 Å². The van der Waals surface area contributed by atoms with Crippen molar-refractivity contribution in [1.29, 1.82) is 0 Å². The fourth-order valence-corrected chi connectivity index (χ4v) is 3.89. The first-order valence-corrected chi connectivity index (χ1v) is 8.80. The molecule has 2 aromatic rings. The van der Waals surface area contributed by atoms with E-state index in [0.29, 0.717) is 5.69 Å². The zero-order valence-electron chi connectivity index (χ0n) is 14.0. The minimum atomic E-state index is -0.230. The Kier molecular flexibility index (Phi) is 4.13. The third kappa shape index (κ3) is 3.22. The summed E-state index contributed by atoms with van der Waals surface area (Å²) in [6.07, 6.45) is 4.76. The fraction of sp³-hybridized carbons (Fsp3) is 0.421. The van der Waals surface area contributed by atoms with Crippen LogP contribution in [0.4, 0.5) is 5.69 Å². The number of aromatic nitrogens is 1. The Labute approximate surface area is 146 Å². The van der Waals surface area contributed by atoms with Crippen molar-refractivity contribution in [1.82, 2.24) is 15.6 Å². The molecule has 1 aromatic carbocycles. The number of carbonyl (C=O) groups excluding carboxylic acids is 2. The van der Waals surface area contributed by atoms with Crippen molar-refractivity contribution in [2.24, 2.45) is 11.3 Å². The van der Waals surface area contributed by atoms with Crippen LogP contribution in [0.1, 0.15) is 19.3 Å². The number of hydrogen-bond acceptors (Lipinski definition) is 4. The standard InChI is InChI=1S/C19H22N4O2/c24-16(23-15-5-1-3-13-4-2-8-21-17(13)15)12-22-18(25)14-11-19(14)6-9-20-10-7-19/h1-5,8,14,20H,6-7,9-12H2,(H,22,25)(H,23,24). The Bertz CT molecular complexity index is 809. The summed E-state index contributed by atoms with van der Waals surface area (Å²) in [4.78, 5) is 28.8. The summed E-state index contributed by atoms with van der Waals surface area (Å²) in [7, 11) is 0. The molecule has 1 atom stereocenters. The molecule has 0 radical (unpaired) electrons. The highest BCUT2D eigenvalue weighted by Crippen LogP contribution is 2.58. The number of anilines is 1. The molecule has 1 unspecified atom stereocenters. The molecule has 3 N–H and O–H groups in total. The van der Waals surface area contributed by atoms with Crippen LogP contribution in [0.15, 0.2) is 36.5 Å². The number of carbonyl (C=O) groups is 2. The molecule has 2 heterocycles. The van der Waals surface area contributed by atoms with Crippen LogP contribution in [-0.2, 0) is 9.59 Å². The summed E-state index contributed by atoms with van der Waals surface area (Å²) in [5.41, 5.74) is 1.60. The predicted octanol–water partition coefficient (Wildman–Crippen LogP) is 1.68. The smallest absolute Gasteiger partial charge is 0.243 e. The number of amides is 2. The molecule has 2 aliphatic rings. The number of hydrogen-bond donors (Lipinski definition) is 3. The van der Waals surface area contributed by atoms with E-state index in [-0.39, 0.29) is 29.7 Å². The number of piperidine rings is 1. The quantitative estimate of drug-likeness (QED) is 0.792. The number of nitrogens with one attached hydrogen (secondary N) is 3. The molecular weight excluding hydrogens is 316 g/mol. The SMILES string of the molecule is O=C(CNC(=O)C1CC12CCNCC2)Nc1cccc2cccnc12. The third-order valence-electron chi connectivity index (χ3n) is 5.44. The van der Waals surface area contributed by atoms with Gasteiger partial charge in [0.1, 0.15) is 0 Å². The lowest BCUT2D eigenvalue weighted by Gasteiger charge is -2.23. The van der Waals surface area contributed by atoms with Gasteiger partial charge in [0.05, 0.1) is 17.7 Å². The maximum atomic E-state index is 12.3. The van der Waals surface area contributed by atoms with Crippen molar-refractivity contribution in [2.75, 3.05) is 25.0 Å². The second-order valence-corrected chi connectivity index (χ2v) is 7.02. The molecule has 0 bridgehead atoms. The molecule has 1 saturated heterocycles. The van der Waals surface area contributed by atoms with Crippen LogP contribution in [0, 0.1) is 11.3 Å². The number of benzene rings is 1. The lowest BCUT2D eigenvalue weighted by Crippen LogP contribution is -2.37. The van der Waals surface area contributed by atoms with Gasteiger partial charge in [-0.25, -0.2) is 0 Å². The van der Waals surface area contributed by atoms with Gasteiger partial charge in [-0.2, -0.15) is 0 Å². The molecule has 1 spiro atoms. The molecule has 1 aliphatic heterocycles. The van der Waals surface area contributed by atoms with Crippen LogP contribution in [-0.4, -0.2) is 36.4 Å². The normalized spacial score (nSPS) is 21.0.